The Morgan fingerprint density at radius 2 is 2.17 bits per heavy atom. The van der Waals surface area contributed by atoms with Crippen LogP contribution in [0.15, 0.2) is 17.5 Å². The third-order valence-electron chi connectivity index (χ3n) is 3.74. The average Bonchev–Trinajstić information content (AvgIpc) is 3.26. The molecule has 6 nitrogen and oxygen atoms in total. The van der Waals surface area contributed by atoms with Gasteiger partial charge >= 0.3 is 5.97 Å². The van der Waals surface area contributed by atoms with E-state index in [1.165, 1.54) is 11.3 Å². The zero-order valence-electron chi connectivity index (χ0n) is 12.8. The average molecular weight is 334 g/mol. The van der Waals surface area contributed by atoms with E-state index in [-0.39, 0.29) is 24.5 Å². The Balaban J connectivity index is 1.69. The van der Waals surface area contributed by atoms with Crippen molar-refractivity contribution < 1.29 is 19.1 Å². The molecule has 0 aromatic carbocycles. The van der Waals surface area contributed by atoms with Gasteiger partial charge < -0.3 is 10.1 Å². The normalized spacial score (nSPS) is 16.0. The van der Waals surface area contributed by atoms with E-state index >= 15 is 0 Å². The van der Waals surface area contributed by atoms with Gasteiger partial charge in [0.25, 0.3) is 5.91 Å². The summed E-state index contributed by atoms with van der Waals surface area (Å²) in [5.74, 6) is -1.06. The number of ether oxygens (including phenoxy) is 1. The number of hydrogen-bond donors (Lipinski definition) is 1. The first-order chi connectivity index (χ1) is 10.9. The number of ketones is 1. The molecule has 1 aliphatic rings. The molecule has 1 amide bonds. The highest BCUT2D eigenvalue weighted by Gasteiger charge is 2.43. The van der Waals surface area contributed by atoms with Gasteiger partial charge in [-0.1, -0.05) is 6.07 Å². The number of amides is 1. The molecule has 1 heterocycles. The summed E-state index contributed by atoms with van der Waals surface area (Å²) in [5.41, 5.74) is -0.904. The number of esters is 1. The highest BCUT2D eigenvalue weighted by atomic mass is 32.1. The molecule has 2 rings (SSSR count). The van der Waals surface area contributed by atoms with E-state index in [9.17, 15) is 14.4 Å². The van der Waals surface area contributed by atoms with Gasteiger partial charge in [-0.2, -0.15) is 5.26 Å². The van der Waals surface area contributed by atoms with Crippen molar-refractivity contribution >= 4 is 29.0 Å². The maximum Gasteiger partial charge on any atom is 0.306 e. The summed E-state index contributed by atoms with van der Waals surface area (Å²) in [4.78, 5) is 35.7. The van der Waals surface area contributed by atoms with Crippen molar-refractivity contribution in [2.75, 3.05) is 6.61 Å². The van der Waals surface area contributed by atoms with Crippen molar-refractivity contribution in [2.45, 2.75) is 38.1 Å². The minimum absolute atomic E-state index is 0.0545. The number of hydrogen-bond acceptors (Lipinski definition) is 6. The van der Waals surface area contributed by atoms with Gasteiger partial charge in [-0.15, -0.1) is 11.3 Å². The molecule has 1 N–H and O–H groups in total. The van der Waals surface area contributed by atoms with Crippen LogP contribution in [0.2, 0.25) is 0 Å². The van der Waals surface area contributed by atoms with Crippen molar-refractivity contribution in [3.05, 3.63) is 22.4 Å². The van der Waals surface area contributed by atoms with E-state index in [4.69, 9.17) is 10.00 Å². The predicted molar refractivity (Wildman–Crippen MR) is 83.7 cm³/mol. The second kappa shape index (κ2) is 7.38. The highest BCUT2D eigenvalue weighted by molar-refractivity contribution is 7.12. The van der Waals surface area contributed by atoms with E-state index in [1.807, 2.05) is 0 Å². The standard InChI is InChI=1S/C16H18N2O4S/c1-16(10-17,11-4-5-11)18-14(20)9-22-15(21)7-6-12(19)13-3-2-8-23-13/h2-3,8,11H,4-7,9H2,1H3,(H,18,20). The minimum atomic E-state index is -0.904. The zero-order valence-corrected chi connectivity index (χ0v) is 13.6. The molecule has 1 saturated carbocycles. The molecule has 0 saturated heterocycles. The second-order valence-electron chi connectivity index (χ2n) is 5.70. The van der Waals surface area contributed by atoms with Crippen LogP contribution in [0.3, 0.4) is 0 Å². The summed E-state index contributed by atoms with van der Waals surface area (Å²) in [6, 6.07) is 5.57. The quantitative estimate of drug-likeness (QED) is 0.580. The molecule has 23 heavy (non-hydrogen) atoms. The molecule has 1 aromatic rings. The van der Waals surface area contributed by atoms with Crippen LogP contribution >= 0.6 is 11.3 Å². The fourth-order valence-corrected chi connectivity index (χ4v) is 2.90. The zero-order chi connectivity index (χ0) is 16.9. The molecule has 7 heteroatoms. The summed E-state index contributed by atoms with van der Waals surface area (Å²) in [6.07, 6.45) is 1.81. The monoisotopic (exact) mass is 334 g/mol. The number of nitrogens with zero attached hydrogens (tertiary/aromatic N) is 1. The molecule has 1 aliphatic carbocycles. The molecular formula is C16H18N2O4S. The van der Waals surface area contributed by atoms with E-state index < -0.39 is 24.0 Å². The van der Waals surface area contributed by atoms with Crippen LogP contribution < -0.4 is 5.32 Å². The molecule has 1 fully saturated rings. The van der Waals surface area contributed by atoms with Crippen LogP contribution in [-0.2, 0) is 14.3 Å². The van der Waals surface area contributed by atoms with Crippen LogP contribution in [0.1, 0.15) is 42.3 Å². The van der Waals surface area contributed by atoms with Gasteiger partial charge in [0.15, 0.2) is 12.4 Å². The van der Waals surface area contributed by atoms with Crippen molar-refractivity contribution in [1.29, 1.82) is 5.26 Å². The first-order valence-corrected chi connectivity index (χ1v) is 8.27. The van der Waals surface area contributed by atoms with Crippen molar-refractivity contribution in [1.82, 2.24) is 5.32 Å². The van der Waals surface area contributed by atoms with Gasteiger partial charge in [-0.25, -0.2) is 0 Å². The molecule has 1 atom stereocenters. The molecule has 0 bridgehead atoms. The van der Waals surface area contributed by atoms with Crippen LogP contribution in [0.4, 0.5) is 0 Å². The number of Topliss-reactive ketones (excluding diaryl/α,β-unsaturated/α-hetero) is 1. The van der Waals surface area contributed by atoms with Crippen LogP contribution in [-0.4, -0.2) is 29.8 Å². The smallest absolute Gasteiger partial charge is 0.306 e. The van der Waals surface area contributed by atoms with Crippen molar-refractivity contribution in [2.24, 2.45) is 5.92 Å². The van der Waals surface area contributed by atoms with E-state index in [1.54, 1.807) is 24.4 Å². The maximum atomic E-state index is 11.8. The van der Waals surface area contributed by atoms with Gasteiger partial charge in [0.2, 0.25) is 0 Å². The molecule has 0 spiro atoms. The number of carbonyl (C=O) groups excluding carboxylic acids is 3. The predicted octanol–water partition coefficient (Wildman–Crippen LogP) is 2.06. The highest BCUT2D eigenvalue weighted by Crippen LogP contribution is 2.39. The molecular weight excluding hydrogens is 316 g/mol. The Hall–Kier alpha value is -2.20. The molecule has 0 aliphatic heterocycles. The topological polar surface area (TPSA) is 96.3 Å². The lowest BCUT2D eigenvalue weighted by atomic mass is 9.98. The molecule has 0 radical (unpaired) electrons. The number of nitriles is 1. The van der Waals surface area contributed by atoms with Gasteiger partial charge in [0, 0.05) is 6.42 Å². The fraction of sp³-hybridized carbons (Fsp3) is 0.500. The Morgan fingerprint density at radius 1 is 1.43 bits per heavy atom. The van der Waals surface area contributed by atoms with E-state index in [2.05, 4.69) is 11.4 Å². The van der Waals surface area contributed by atoms with Crippen LogP contribution in [0, 0.1) is 17.2 Å². The van der Waals surface area contributed by atoms with Crippen molar-refractivity contribution in [3.8, 4) is 6.07 Å². The van der Waals surface area contributed by atoms with Crippen LogP contribution in [0.25, 0.3) is 0 Å². The van der Waals surface area contributed by atoms with Crippen molar-refractivity contribution in [3.63, 3.8) is 0 Å². The van der Waals surface area contributed by atoms with E-state index in [0.29, 0.717) is 4.88 Å². The van der Waals surface area contributed by atoms with Gasteiger partial charge in [0.05, 0.1) is 17.4 Å². The Bertz CT molecular complexity index is 631. The summed E-state index contributed by atoms with van der Waals surface area (Å²) in [6.45, 7) is 1.24. The maximum absolute atomic E-state index is 11.8. The Labute approximate surface area is 138 Å². The third-order valence-corrected chi connectivity index (χ3v) is 4.65. The van der Waals surface area contributed by atoms with E-state index in [0.717, 1.165) is 12.8 Å². The summed E-state index contributed by atoms with van der Waals surface area (Å²) >= 11 is 1.32. The minimum Gasteiger partial charge on any atom is -0.456 e. The lowest BCUT2D eigenvalue weighted by Gasteiger charge is -2.22. The van der Waals surface area contributed by atoms with Crippen LogP contribution in [0.5, 0.6) is 0 Å². The number of nitrogens with one attached hydrogen (secondary N) is 1. The number of thiophene rings is 1. The summed E-state index contributed by atoms with van der Waals surface area (Å²) < 4.78 is 4.85. The Morgan fingerprint density at radius 3 is 2.74 bits per heavy atom. The number of rotatable bonds is 8. The largest absolute Gasteiger partial charge is 0.456 e. The summed E-state index contributed by atoms with van der Waals surface area (Å²) in [7, 11) is 0. The number of carbonyl (C=O) groups is 3. The summed E-state index contributed by atoms with van der Waals surface area (Å²) in [5, 5.41) is 13.5. The van der Waals surface area contributed by atoms with Gasteiger partial charge in [-0.3, -0.25) is 14.4 Å². The van der Waals surface area contributed by atoms with Gasteiger partial charge in [-0.05, 0) is 37.1 Å². The lowest BCUT2D eigenvalue weighted by Crippen LogP contribution is -2.48. The second-order valence-corrected chi connectivity index (χ2v) is 6.65. The third kappa shape index (κ3) is 4.89. The molecule has 1 unspecified atom stereocenters. The van der Waals surface area contributed by atoms with Gasteiger partial charge in [0.1, 0.15) is 5.54 Å². The lowest BCUT2D eigenvalue weighted by molar-refractivity contribution is -0.148. The molecule has 1 aromatic heterocycles. The first-order valence-electron chi connectivity index (χ1n) is 7.39. The Kier molecular flexibility index (Phi) is 5.50. The fourth-order valence-electron chi connectivity index (χ4n) is 2.20. The first kappa shape index (κ1) is 17.2. The molecule has 122 valence electrons. The SMILES string of the molecule is CC(C#N)(NC(=O)COC(=O)CCC(=O)c1cccs1)C1CC1.